The molecule has 78 valence electrons. The summed E-state index contributed by atoms with van der Waals surface area (Å²) in [6.07, 6.45) is 4.55. The molecule has 0 saturated heterocycles. The van der Waals surface area contributed by atoms with E-state index in [4.69, 9.17) is 0 Å². The van der Waals surface area contributed by atoms with E-state index in [2.05, 4.69) is 26.0 Å². The van der Waals surface area contributed by atoms with Crippen molar-refractivity contribution >= 4 is 0 Å². The van der Waals surface area contributed by atoms with Gasteiger partial charge in [-0.2, -0.15) is 0 Å². The molecule has 4 atom stereocenters. The molecule has 1 aromatic carbocycles. The van der Waals surface area contributed by atoms with E-state index in [1.54, 1.807) is 16.7 Å². The Morgan fingerprint density at radius 2 is 1.73 bits per heavy atom. The predicted molar refractivity (Wildman–Crippen MR) is 62.2 cm³/mol. The van der Waals surface area contributed by atoms with Crippen molar-refractivity contribution < 1.29 is 0 Å². The first-order valence-corrected chi connectivity index (χ1v) is 6.37. The fourth-order valence-electron chi connectivity index (χ4n) is 4.80. The summed E-state index contributed by atoms with van der Waals surface area (Å²) in [7, 11) is 0. The van der Waals surface area contributed by atoms with Crippen LogP contribution in [0, 0.1) is 25.7 Å². The molecule has 2 fully saturated rings. The average Bonchev–Trinajstić information content (AvgIpc) is 2.69. The summed E-state index contributed by atoms with van der Waals surface area (Å²) in [5.74, 6) is 4.04. The molecule has 2 bridgehead atoms. The minimum atomic E-state index is 0.970. The Kier molecular flexibility index (Phi) is 1.39. The minimum Gasteiger partial charge on any atom is -0.0561 e. The van der Waals surface area contributed by atoms with Gasteiger partial charge in [0.05, 0.1) is 0 Å². The Morgan fingerprint density at radius 1 is 1.00 bits per heavy atom. The van der Waals surface area contributed by atoms with Crippen LogP contribution in [0.4, 0.5) is 0 Å². The van der Waals surface area contributed by atoms with Crippen molar-refractivity contribution in [3.8, 4) is 0 Å². The van der Waals surface area contributed by atoms with Gasteiger partial charge in [0.2, 0.25) is 0 Å². The topological polar surface area (TPSA) is 0 Å². The maximum Gasteiger partial charge on any atom is -0.00564 e. The molecule has 15 heavy (non-hydrogen) atoms. The molecule has 0 nitrogen and oxygen atoms in total. The van der Waals surface area contributed by atoms with Crippen LogP contribution in [0.1, 0.15) is 53.4 Å². The number of hydrogen-bond acceptors (Lipinski definition) is 0. The zero-order valence-electron chi connectivity index (χ0n) is 9.59. The number of hydrogen-bond donors (Lipinski definition) is 0. The van der Waals surface area contributed by atoms with Gasteiger partial charge in [0.15, 0.2) is 0 Å². The van der Waals surface area contributed by atoms with Crippen LogP contribution in [0.15, 0.2) is 12.1 Å². The van der Waals surface area contributed by atoms with Gasteiger partial charge in [0, 0.05) is 0 Å². The molecule has 0 amide bonds. The Hall–Kier alpha value is -0.780. The van der Waals surface area contributed by atoms with Crippen molar-refractivity contribution in [2.24, 2.45) is 11.8 Å². The zero-order chi connectivity index (χ0) is 10.2. The lowest BCUT2D eigenvalue weighted by atomic mass is 9.60. The predicted octanol–water partition coefficient (Wildman–Crippen LogP) is 3.91. The summed E-state index contributed by atoms with van der Waals surface area (Å²) < 4.78 is 0. The van der Waals surface area contributed by atoms with Crippen molar-refractivity contribution in [2.45, 2.75) is 44.9 Å². The smallest absolute Gasteiger partial charge is 0.00564 e. The zero-order valence-corrected chi connectivity index (χ0v) is 9.59. The van der Waals surface area contributed by atoms with E-state index in [9.17, 15) is 0 Å². The molecule has 2 saturated carbocycles. The van der Waals surface area contributed by atoms with E-state index in [-0.39, 0.29) is 0 Å². The molecule has 0 heteroatoms. The molecular formula is C15H18. The monoisotopic (exact) mass is 198 g/mol. The van der Waals surface area contributed by atoms with Gasteiger partial charge in [-0.15, -0.1) is 0 Å². The molecule has 0 aromatic heterocycles. The highest BCUT2D eigenvalue weighted by molar-refractivity contribution is 5.54. The van der Waals surface area contributed by atoms with Crippen LogP contribution in [-0.4, -0.2) is 0 Å². The van der Waals surface area contributed by atoms with Crippen molar-refractivity contribution in [1.82, 2.24) is 0 Å². The first-order valence-electron chi connectivity index (χ1n) is 6.37. The molecule has 4 rings (SSSR count). The van der Waals surface area contributed by atoms with Gasteiger partial charge in [-0.1, -0.05) is 17.7 Å². The minimum absolute atomic E-state index is 0.970. The summed E-state index contributed by atoms with van der Waals surface area (Å²) >= 11 is 0. The number of benzene rings is 1. The largest absolute Gasteiger partial charge is 0.0561 e. The van der Waals surface area contributed by atoms with Crippen LogP contribution >= 0.6 is 0 Å². The van der Waals surface area contributed by atoms with E-state index in [1.807, 2.05) is 0 Å². The van der Waals surface area contributed by atoms with Gasteiger partial charge in [0.1, 0.15) is 0 Å². The average molecular weight is 198 g/mol. The summed E-state index contributed by atoms with van der Waals surface area (Å²) in [6, 6.07) is 4.84. The highest BCUT2D eigenvalue weighted by Crippen LogP contribution is 2.68. The quantitative estimate of drug-likeness (QED) is 0.593. The van der Waals surface area contributed by atoms with Crippen LogP contribution in [0.3, 0.4) is 0 Å². The van der Waals surface area contributed by atoms with Crippen LogP contribution in [0.2, 0.25) is 0 Å². The fraction of sp³-hybridized carbons (Fsp3) is 0.600. The molecule has 0 heterocycles. The molecule has 3 aliphatic rings. The fourth-order valence-corrected chi connectivity index (χ4v) is 4.80. The Labute approximate surface area is 91.7 Å². The normalized spacial score (nSPS) is 39.9. The van der Waals surface area contributed by atoms with Gasteiger partial charge in [0.25, 0.3) is 0 Å². The van der Waals surface area contributed by atoms with E-state index in [0.717, 1.165) is 23.7 Å². The van der Waals surface area contributed by atoms with Gasteiger partial charge in [-0.3, -0.25) is 0 Å². The maximum atomic E-state index is 2.46. The van der Waals surface area contributed by atoms with E-state index >= 15 is 0 Å². The lowest BCUT2D eigenvalue weighted by molar-refractivity contribution is 0.321. The van der Waals surface area contributed by atoms with Gasteiger partial charge in [-0.05, 0) is 73.5 Å². The Balaban J connectivity index is 1.91. The number of fused-ring (bicyclic) bond motifs is 8. The number of aryl methyl sites for hydroxylation is 2. The molecule has 0 spiro atoms. The molecule has 0 radical (unpaired) electrons. The molecule has 2 unspecified atom stereocenters. The summed E-state index contributed by atoms with van der Waals surface area (Å²) in [5, 5.41) is 0. The van der Waals surface area contributed by atoms with Crippen LogP contribution in [0.5, 0.6) is 0 Å². The van der Waals surface area contributed by atoms with Gasteiger partial charge in [-0.25, -0.2) is 0 Å². The lowest BCUT2D eigenvalue weighted by Crippen LogP contribution is -2.30. The first-order chi connectivity index (χ1) is 7.25. The second-order valence-corrected chi connectivity index (χ2v) is 5.97. The molecule has 0 N–H and O–H groups in total. The third kappa shape index (κ3) is 0.851. The number of rotatable bonds is 0. The Morgan fingerprint density at radius 3 is 2.53 bits per heavy atom. The van der Waals surface area contributed by atoms with E-state index in [0.29, 0.717) is 0 Å². The molecule has 3 aliphatic carbocycles. The Bertz CT molecular complexity index is 444. The third-order valence-electron chi connectivity index (χ3n) is 5.17. The van der Waals surface area contributed by atoms with E-state index < -0.39 is 0 Å². The van der Waals surface area contributed by atoms with Crippen molar-refractivity contribution in [2.75, 3.05) is 0 Å². The van der Waals surface area contributed by atoms with Crippen molar-refractivity contribution in [3.63, 3.8) is 0 Å². The highest BCUT2D eigenvalue weighted by Gasteiger charge is 2.55. The van der Waals surface area contributed by atoms with Crippen LogP contribution < -0.4 is 0 Å². The maximum absolute atomic E-state index is 2.46. The molecular weight excluding hydrogens is 180 g/mol. The molecule has 1 aromatic rings. The van der Waals surface area contributed by atoms with Crippen LogP contribution in [0.25, 0.3) is 0 Å². The van der Waals surface area contributed by atoms with Crippen molar-refractivity contribution in [1.29, 1.82) is 0 Å². The summed E-state index contributed by atoms with van der Waals surface area (Å²) in [4.78, 5) is 0. The molecule has 0 aliphatic heterocycles. The second kappa shape index (κ2) is 2.48. The van der Waals surface area contributed by atoms with Gasteiger partial charge < -0.3 is 0 Å². The highest BCUT2D eigenvalue weighted by atomic mass is 14.6. The van der Waals surface area contributed by atoms with Crippen molar-refractivity contribution in [3.05, 3.63) is 34.4 Å². The third-order valence-corrected chi connectivity index (χ3v) is 5.17. The van der Waals surface area contributed by atoms with Gasteiger partial charge >= 0.3 is 0 Å². The van der Waals surface area contributed by atoms with Crippen LogP contribution in [-0.2, 0) is 0 Å². The van der Waals surface area contributed by atoms with E-state index in [1.165, 1.54) is 24.8 Å². The standard InChI is InChI=1S/C15H18/c1-8-5-9(2)13-12(6-8)14-10-3-4-11(7-10)15(13)14/h5-6,10-11,14-15H,3-4,7H2,1-2H3/t10-,11+,14?,15?/m1/s1. The summed E-state index contributed by atoms with van der Waals surface area (Å²) in [6.45, 7) is 4.56. The lowest BCUT2D eigenvalue weighted by Gasteiger charge is -2.44. The summed E-state index contributed by atoms with van der Waals surface area (Å²) in [5.41, 5.74) is 6.51. The first kappa shape index (κ1) is 8.38. The second-order valence-electron chi connectivity index (χ2n) is 5.97. The SMILES string of the molecule is Cc1cc(C)c2c(c1)C1C2[C@H]2CC[C@@H]1C2.